The van der Waals surface area contributed by atoms with E-state index in [1.807, 2.05) is 30.3 Å². The highest BCUT2D eigenvalue weighted by Crippen LogP contribution is 2.18. The van der Waals surface area contributed by atoms with Crippen molar-refractivity contribution in [3.05, 3.63) is 53.7 Å². The van der Waals surface area contributed by atoms with Crippen LogP contribution in [0.1, 0.15) is 31.2 Å². The molecule has 4 nitrogen and oxygen atoms in total. The SMILES string of the molecule is CC(C)NCc1ccc(Cc2nc3ccccc3n2C)o1. The Hall–Kier alpha value is -2.07. The first-order valence-corrected chi connectivity index (χ1v) is 7.35. The number of benzene rings is 1. The van der Waals surface area contributed by atoms with Crippen LogP contribution in [-0.4, -0.2) is 15.6 Å². The van der Waals surface area contributed by atoms with Crippen LogP contribution in [0.25, 0.3) is 11.0 Å². The Morgan fingerprint density at radius 1 is 1.14 bits per heavy atom. The standard InChI is InChI=1S/C17H21N3O/c1-12(2)18-11-14-9-8-13(21-14)10-17-19-15-6-4-5-7-16(15)20(17)3/h4-9,12,18H,10-11H2,1-3H3. The zero-order valence-electron chi connectivity index (χ0n) is 12.8. The fourth-order valence-corrected chi connectivity index (χ4v) is 2.43. The first-order valence-electron chi connectivity index (χ1n) is 7.35. The van der Waals surface area contributed by atoms with Crippen LogP contribution in [0.15, 0.2) is 40.8 Å². The Bertz CT molecular complexity index is 739. The Balaban J connectivity index is 1.77. The van der Waals surface area contributed by atoms with E-state index < -0.39 is 0 Å². The van der Waals surface area contributed by atoms with Gasteiger partial charge in [0.1, 0.15) is 17.3 Å². The van der Waals surface area contributed by atoms with Gasteiger partial charge in [-0.2, -0.15) is 0 Å². The van der Waals surface area contributed by atoms with E-state index in [-0.39, 0.29) is 0 Å². The fourth-order valence-electron chi connectivity index (χ4n) is 2.43. The summed E-state index contributed by atoms with van der Waals surface area (Å²) in [6, 6.07) is 12.7. The van der Waals surface area contributed by atoms with E-state index in [0.29, 0.717) is 12.5 Å². The second-order valence-electron chi connectivity index (χ2n) is 5.66. The predicted molar refractivity (Wildman–Crippen MR) is 84.2 cm³/mol. The number of rotatable bonds is 5. The molecule has 0 saturated heterocycles. The molecule has 0 aliphatic heterocycles. The number of hydrogen-bond donors (Lipinski definition) is 1. The van der Waals surface area contributed by atoms with Gasteiger partial charge >= 0.3 is 0 Å². The van der Waals surface area contributed by atoms with Gasteiger partial charge in [0.15, 0.2) is 0 Å². The lowest BCUT2D eigenvalue weighted by atomic mass is 10.3. The van der Waals surface area contributed by atoms with E-state index >= 15 is 0 Å². The van der Waals surface area contributed by atoms with Gasteiger partial charge in [0.25, 0.3) is 0 Å². The summed E-state index contributed by atoms with van der Waals surface area (Å²) in [7, 11) is 2.05. The Morgan fingerprint density at radius 2 is 1.90 bits per heavy atom. The normalized spacial score (nSPS) is 11.6. The highest BCUT2D eigenvalue weighted by atomic mass is 16.3. The minimum atomic E-state index is 0.457. The topological polar surface area (TPSA) is 43.0 Å². The zero-order valence-corrected chi connectivity index (χ0v) is 12.8. The number of nitrogens with one attached hydrogen (secondary N) is 1. The molecule has 0 aliphatic carbocycles. The lowest BCUT2D eigenvalue weighted by Gasteiger charge is -2.05. The Kier molecular flexibility index (Phi) is 3.80. The van der Waals surface area contributed by atoms with Crippen molar-refractivity contribution in [2.75, 3.05) is 0 Å². The maximum atomic E-state index is 5.87. The number of nitrogens with zero attached hydrogens (tertiary/aromatic N) is 2. The minimum absolute atomic E-state index is 0.457. The Morgan fingerprint density at radius 3 is 2.67 bits per heavy atom. The average molecular weight is 283 g/mol. The molecule has 0 atom stereocenters. The fraction of sp³-hybridized carbons (Fsp3) is 0.353. The summed E-state index contributed by atoms with van der Waals surface area (Å²) in [5.41, 5.74) is 2.18. The molecule has 2 aromatic heterocycles. The molecule has 0 amide bonds. The van der Waals surface area contributed by atoms with Crippen molar-refractivity contribution in [1.82, 2.24) is 14.9 Å². The number of fused-ring (bicyclic) bond motifs is 1. The summed E-state index contributed by atoms with van der Waals surface area (Å²) < 4.78 is 8.00. The van der Waals surface area contributed by atoms with Crippen molar-refractivity contribution in [3.63, 3.8) is 0 Å². The number of furan rings is 1. The quantitative estimate of drug-likeness (QED) is 0.781. The maximum absolute atomic E-state index is 5.87. The lowest BCUT2D eigenvalue weighted by Crippen LogP contribution is -2.21. The van der Waals surface area contributed by atoms with Crippen LogP contribution < -0.4 is 5.32 Å². The van der Waals surface area contributed by atoms with Crippen LogP contribution in [0.3, 0.4) is 0 Å². The van der Waals surface area contributed by atoms with E-state index in [0.717, 1.165) is 34.9 Å². The van der Waals surface area contributed by atoms with Crippen LogP contribution in [0.4, 0.5) is 0 Å². The molecule has 0 bridgehead atoms. The molecular weight excluding hydrogens is 262 g/mol. The summed E-state index contributed by atoms with van der Waals surface area (Å²) in [5, 5.41) is 3.36. The third-order valence-corrected chi connectivity index (χ3v) is 3.61. The van der Waals surface area contributed by atoms with Crippen LogP contribution in [0, 0.1) is 0 Å². The van der Waals surface area contributed by atoms with Gasteiger partial charge in [-0.25, -0.2) is 4.98 Å². The molecule has 0 unspecified atom stereocenters. The van der Waals surface area contributed by atoms with Crippen molar-refractivity contribution in [2.24, 2.45) is 7.05 Å². The third-order valence-electron chi connectivity index (χ3n) is 3.61. The van der Waals surface area contributed by atoms with Crippen LogP contribution in [0.5, 0.6) is 0 Å². The number of hydrogen-bond acceptors (Lipinski definition) is 3. The number of aromatic nitrogens is 2. The van der Waals surface area contributed by atoms with Gasteiger partial charge in [-0.05, 0) is 24.3 Å². The first kappa shape index (κ1) is 13.9. The van der Waals surface area contributed by atoms with E-state index in [1.165, 1.54) is 0 Å². The molecule has 4 heteroatoms. The van der Waals surface area contributed by atoms with Gasteiger partial charge in [-0.3, -0.25) is 0 Å². The van der Waals surface area contributed by atoms with Crippen molar-refractivity contribution < 1.29 is 4.42 Å². The van der Waals surface area contributed by atoms with E-state index in [1.54, 1.807) is 0 Å². The molecule has 1 aromatic carbocycles. The summed E-state index contributed by atoms with van der Waals surface area (Å²) in [6.07, 6.45) is 0.715. The molecule has 0 radical (unpaired) electrons. The smallest absolute Gasteiger partial charge is 0.117 e. The third kappa shape index (κ3) is 3.00. The highest BCUT2D eigenvalue weighted by Gasteiger charge is 2.10. The summed E-state index contributed by atoms with van der Waals surface area (Å²) in [6.45, 7) is 5.02. The molecule has 0 saturated carbocycles. The largest absolute Gasteiger partial charge is 0.464 e. The number of para-hydroxylation sites is 2. The summed E-state index contributed by atoms with van der Waals surface area (Å²) in [4.78, 5) is 4.68. The van der Waals surface area contributed by atoms with Crippen molar-refractivity contribution in [1.29, 1.82) is 0 Å². The van der Waals surface area contributed by atoms with E-state index in [9.17, 15) is 0 Å². The van der Waals surface area contributed by atoms with Gasteiger partial charge in [0.05, 0.1) is 24.0 Å². The molecule has 0 spiro atoms. The molecule has 0 fully saturated rings. The van der Waals surface area contributed by atoms with E-state index in [4.69, 9.17) is 4.42 Å². The van der Waals surface area contributed by atoms with Crippen LogP contribution in [-0.2, 0) is 20.0 Å². The van der Waals surface area contributed by atoms with Crippen LogP contribution >= 0.6 is 0 Å². The number of aryl methyl sites for hydroxylation is 1. The first-order chi connectivity index (χ1) is 10.1. The summed E-state index contributed by atoms with van der Waals surface area (Å²) >= 11 is 0. The van der Waals surface area contributed by atoms with Crippen molar-refractivity contribution in [2.45, 2.75) is 32.9 Å². The molecule has 0 aliphatic rings. The molecule has 110 valence electrons. The van der Waals surface area contributed by atoms with Gasteiger partial charge in [-0.1, -0.05) is 26.0 Å². The molecule has 3 aromatic rings. The van der Waals surface area contributed by atoms with Crippen molar-refractivity contribution >= 4 is 11.0 Å². The van der Waals surface area contributed by atoms with E-state index in [2.05, 4.69) is 41.8 Å². The zero-order chi connectivity index (χ0) is 14.8. The summed E-state index contributed by atoms with van der Waals surface area (Å²) in [5.74, 6) is 2.94. The Labute approximate surface area is 124 Å². The van der Waals surface area contributed by atoms with Gasteiger partial charge < -0.3 is 14.3 Å². The number of imidazole rings is 1. The second-order valence-corrected chi connectivity index (χ2v) is 5.66. The second kappa shape index (κ2) is 5.74. The van der Waals surface area contributed by atoms with Crippen LogP contribution in [0.2, 0.25) is 0 Å². The minimum Gasteiger partial charge on any atom is -0.464 e. The van der Waals surface area contributed by atoms with Gasteiger partial charge in [-0.15, -0.1) is 0 Å². The predicted octanol–water partition coefficient (Wildman–Crippen LogP) is 3.26. The van der Waals surface area contributed by atoms with Gasteiger partial charge in [0, 0.05) is 13.1 Å². The van der Waals surface area contributed by atoms with Crippen molar-refractivity contribution in [3.8, 4) is 0 Å². The molecular formula is C17H21N3O. The molecule has 21 heavy (non-hydrogen) atoms. The molecule has 1 N–H and O–H groups in total. The maximum Gasteiger partial charge on any atom is 0.117 e. The molecule has 2 heterocycles. The monoisotopic (exact) mass is 283 g/mol. The average Bonchev–Trinajstić information content (AvgIpc) is 3.03. The molecule has 3 rings (SSSR count). The highest BCUT2D eigenvalue weighted by molar-refractivity contribution is 5.75. The lowest BCUT2D eigenvalue weighted by molar-refractivity contribution is 0.438. The van der Waals surface area contributed by atoms with Gasteiger partial charge in [0.2, 0.25) is 0 Å².